The SMILES string of the molecule is CC(C)(C)[C@H]1CC[C@H](N(C(=O)c2ccc(OC(F)(F)F)cc2)C2CCc3cc(C(=O)O)ccc32)CC1. The predicted octanol–water partition coefficient (Wildman–Crippen LogP) is 7.02. The van der Waals surface area contributed by atoms with Gasteiger partial charge in [-0.15, -0.1) is 13.2 Å². The van der Waals surface area contributed by atoms with Crippen LogP contribution in [0.4, 0.5) is 13.2 Å². The molecule has 2 aromatic rings. The zero-order valence-electron chi connectivity index (χ0n) is 20.8. The first-order valence-corrected chi connectivity index (χ1v) is 12.4. The molecule has 2 aliphatic carbocycles. The quantitative estimate of drug-likeness (QED) is 0.476. The van der Waals surface area contributed by atoms with Gasteiger partial charge in [-0.3, -0.25) is 4.79 Å². The fourth-order valence-corrected chi connectivity index (χ4v) is 5.75. The molecule has 0 bridgehead atoms. The van der Waals surface area contributed by atoms with E-state index in [1.54, 1.807) is 18.2 Å². The lowest BCUT2D eigenvalue weighted by Crippen LogP contribution is -2.45. The Balaban J connectivity index is 1.64. The van der Waals surface area contributed by atoms with Crippen LogP contribution in [0.25, 0.3) is 0 Å². The van der Waals surface area contributed by atoms with Crippen LogP contribution in [0.1, 0.15) is 90.8 Å². The first-order valence-electron chi connectivity index (χ1n) is 12.4. The molecule has 0 spiro atoms. The molecule has 2 aromatic carbocycles. The van der Waals surface area contributed by atoms with Gasteiger partial charge < -0.3 is 14.7 Å². The van der Waals surface area contributed by atoms with E-state index < -0.39 is 12.3 Å². The average Bonchev–Trinajstić information content (AvgIpc) is 3.21. The van der Waals surface area contributed by atoms with Gasteiger partial charge in [-0.2, -0.15) is 0 Å². The van der Waals surface area contributed by atoms with Crippen molar-refractivity contribution in [2.75, 3.05) is 0 Å². The number of amides is 1. The van der Waals surface area contributed by atoms with E-state index in [-0.39, 0.29) is 34.7 Å². The molecular weight excluding hydrogens is 471 g/mol. The number of aromatic carboxylic acids is 1. The molecule has 0 saturated heterocycles. The summed E-state index contributed by atoms with van der Waals surface area (Å²) < 4.78 is 41.7. The molecule has 0 aliphatic heterocycles. The second-order valence-electron chi connectivity index (χ2n) is 10.9. The summed E-state index contributed by atoms with van der Waals surface area (Å²) >= 11 is 0. The van der Waals surface area contributed by atoms with Gasteiger partial charge in [-0.25, -0.2) is 4.79 Å². The summed E-state index contributed by atoms with van der Waals surface area (Å²) in [5, 5.41) is 9.37. The number of benzene rings is 2. The van der Waals surface area contributed by atoms with Gasteiger partial charge in [0.05, 0.1) is 11.6 Å². The number of hydrogen-bond donors (Lipinski definition) is 1. The molecule has 0 radical (unpaired) electrons. The smallest absolute Gasteiger partial charge is 0.478 e. The van der Waals surface area contributed by atoms with Crippen LogP contribution in [0.3, 0.4) is 0 Å². The minimum absolute atomic E-state index is 0.00250. The van der Waals surface area contributed by atoms with Crippen molar-refractivity contribution in [3.8, 4) is 5.75 Å². The highest BCUT2D eigenvalue weighted by atomic mass is 19.4. The van der Waals surface area contributed by atoms with Gasteiger partial charge in [0.2, 0.25) is 0 Å². The molecule has 0 aromatic heterocycles. The predicted molar refractivity (Wildman–Crippen MR) is 129 cm³/mol. The minimum atomic E-state index is -4.80. The zero-order valence-corrected chi connectivity index (χ0v) is 20.8. The molecular formula is C28H32F3NO4. The van der Waals surface area contributed by atoms with Crippen LogP contribution in [0.5, 0.6) is 5.75 Å². The Bertz CT molecular complexity index is 1110. The number of hydrogen-bond acceptors (Lipinski definition) is 3. The first-order chi connectivity index (χ1) is 16.8. The van der Waals surface area contributed by atoms with Crippen molar-refractivity contribution >= 4 is 11.9 Å². The van der Waals surface area contributed by atoms with Crippen LogP contribution >= 0.6 is 0 Å². The number of rotatable bonds is 5. The van der Waals surface area contributed by atoms with Crippen molar-refractivity contribution in [1.82, 2.24) is 4.90 Å². The third-order valence-corrected chi connectivity index (χ3v) is 7.66. The molecule has 1 N–H and O–H groups in total. The van der Waals surface area contributed by atoms with Gasteiger partial charge in [0, 0.05) is 11.6 Å². The van der Waals surface area contributed by atoms with E-state index in [9.17, 15) is 27.9 Å². The van der Waals surface area contributed by atoms with Gasteiger partial charge in [-0.1, -0.05) is 26.8 Å². The van der Waals surface area contributed by atoms with Crippen LogP contribution in [0.15, 0.2) is 42.5 Å². The van der Waals surface area contributed by atoms with E-state index in [1.807, 2.05) is 4.90 Å². The molecule has 4 rings (SSSR count). The largest absolute Gasteiger partial charge is 0.573 e. The number of fused-ring (bicyclic) bond motifs is 1. The molecule has 1 unspecified atom stereocenters. The molecule has 36 heavy (non-hydrogen) atoms. The maximum absolute atomic E-state index is 13.9. The Morgan fingerprint density at radius 2 is 1.53 bits per heavy atom. The monoisotopic (exact) mass is 503 g/mol. The molecule has 1 saturated carbocycles. The number of carbonyl (C=O) groups excluding carboxylic acids is 1. The first kappa shape index (κ1) is 26.0. The third-order valence-electron chi connectivity index (χ3n) is 7.66. The highest BCUT2D eigenvalue weighted by molar-refractivity contribution is 5.95. The summed E-state index contributed by atoms with van der Waals surface area (Å²) in [6.45, 7) is 6.70. The Morgan fingerprint density at radius 1 is 0.917 bits per heavy atom. The second-order valence-corrected chi connectivity index (χ2v) is 10.9. The van der Waals surface area contributed by atoms with E-state index >= 15 is 0 Å². The summed E-state index contributed by atoms with van der Waals surface area (Å²) in [6.07, 6.45) is 0.233. The highest BCUT2D eigenvalue weighted by Gasteiger charge is 2.39. The van der Waals surface area contributed by atoms with E-state index in [0.717, 1.165) is 48.9 Å². The summed E-state index contributed by atoms with van der Waals surface area (Å²) in [5.41, 5.74) is 2.58. The number of nitrogens with zero attached hydrogens (tertiary/aromatic N) is 1. The van der Waals surface area contributed by atoms with Crippen molar-refractivity contribution in [1.29, 1.82) is 0 Å². The van der Waals surface area contributed by atoms with Crippen LogP contribution in [0.2, 0.25) is 0 Å². The van der Waals surface area contributed by atoms with Crippen molar-refractivity contribution in [2.45, 2.75) is 77.7 Å². The van der Waals surface area contributed by atoms with Gasteiger partial charge >= 0.3 is 12.3 Å². The molecule has 0 heterocycles. The number of halogens is 3. The van der Waals surface area contributed by atoms with E-state index in [2.05, 4.69) is 25.5 Å². The maximum Gasteiger partial charge on any atom is 0.573 e. The van der Waals surface area contributed by atoms with Crippen molar-refractivity contribution in [3.63, 3.8) is 0 Å². The Morgan fingerprint density at radius 3 is 2.08 bits per heavy atom. The van der Waals surface area contributed by atoms with Gasteiger partial charge in [-0.05, 0) is 97.4 Å². The van der Waals surface area contributed by atoms with Crippen molar-refractivity contribution < 1.29 is 32.6 Å². The van der Waals surface area contributed by atoms with Crippen LogP contribution < -0.4 is 4.74 Å². The molecule has 194 valence electrons. The molecule has 1 fully saturated rings. The molecule has 2 aliphatic rings. The molecule has 8 heteroatoms. The minimum Gasteiger partial charge on any atom is -0.478 e. The van der Waals surface area contributed by atoms with E-state index in [4.69, 9.17) is 0 Å². The normalized spacial score (nSPS) is 22.1. The third kappa shape index (κ3) is 5.68. The lowest BCUT2D eigenvalue weighted by Gasteiger charge is -2.43. The number of carbonyl (C=O) groups is 2. The molecule has 1 atom stereocenters. The fourth-order valence-electron chi connectivity index (χ4n) is 5.75. The molecule has 1 amide bonds. The molecule has 5 nitrogen and oxygen atoms in total. The van der Waals surface area contributed by atoms with Gasteiger partial charge in [0.15, 0.2) is 0 Å². The lowest BCUT2D eigenvalue weighted by molar-refractivity contribution is -0.274. The summed E-state index contributed by atoms with van der Waals surface area (Å²) in [6, 6.07) is 9.92. The van der Waals surface area contributed by atoms with Crippen LogP contribution in [0, 0.1) is 11.3 Å². The van der Waals surface area contributed by atoms with Crippen molar-refractivity contribution in [3.05, 3.63) is 64.7 Å². The van der Waals surface area contributed by atoms with E-state index in [1.165, 1.54) is 12.1 Å². The van der Waals surface area contributed by atoms with E-state index in [0.29, 0.717) is 24.3 Å². The summed E-state index contributed by atoms with van der Waals surface area (Å²) in [7, 11) is 0. The zero-order chi connectivity index (χ0) is 26.3. The number of ether oxygens (including phenoxy) is 1. The standard InChI is InChI=1S/C28H32F3NO4/c1-27(2,3)20-8-10-21(11-9-20)32(24-15-7-18-16-19(26(34)35)6-14-23(18)24)25(33)17-4-12-22(13-5-17)36-28(29,30)31/h4-6,12-14,16,20-21,24H,7-11,15H2,1-3H3,(H,34,35)/t20-,21-,24?. The van der Waals surface area contributed by atoms with Gasteiger partial charge in [0.25, 0.3) is 5.91 Å². The Labute approximate surface area is 209 Å². The Hall–Kier alpha value is -3.03. The number of alkyl halides is 3. The van der Waals surface area contributed by atoms with Crippen LogP contribution in [-0.2, 0) is 6.42 Å². The lowest BCUT2D eigenvalue weighted by atomic mass is 9.71. The second kappa shape index (κ2) is 9.79. The maximum atomic E-state index is 13.9. The topological polar surface area (TPSA) is 66.8 Å². The fraction of sp³-hybridized carbons (Fsp3) is 0.500. The number of carboxylic acids is 1. The number of carboxylic acid groups (broad SMARTS) is 1. The Kier molecular flexibility index (Phi) is 7.08. The summed E-state index contributed by atoms with van der Waals surface area (Å²) in [5.74, 6) is -1.04. The number of aryl methyl sites for hydroxylation is 1. The van der Waals surface area contributed by atoms with Crippen molar-refractivity contribution in [2.24, 2.45) is 11.3 Å². The van der Waals surface area contributed by atoms with Crippen LogP contribution in [-0.4, -0.2) is 34.3 Å². The van der Waals surface area contributed by atoms with Gasteiger partial charge in [0.1, 0.15) is 5.75 Å². The highest BCUT2D eigenvalue weighted by Crippen LogP contribution is 2.44. The summed E-state index contributed by atoms with van der Waals surface area (Å²) in [4.78, 5) is 27.2. The average molecular weight is 504 g/mol.